The Balaban J connectivity index is 1.81. The molecule has 0 saturated carbocycles. The van der Waals surface area contributed by atoms with E-state index >= 15 is 0 Å². The highest BCUT2D eigenvalue weighted by Crippen LogP contribution is 2.26. The van der Waals surface area contributed by atoms with Gasteiger partial charge in [-0.25, -0.2) is 8.42 Å². The topological polar surface area (TPSA) is 73.2 Å². The first-order chi connectivity index (χ1) is 12.8. The van der Waals surface area contributed by atoms with Crippen LogP contribution in [-0.4, -0.2) is 25.3 Å². The summed E-state index contributed by atoms with van der Waals surface area (Å²) in [6, 6.07) is 11.2. The maximum Gasteiger partial charge on any atom is 0.263 e. The predicted octanol–water partition coefficient (Wildman–Crippen LogP) is 4.81. The molecule has 0 aliphatic rings. The summed E-state index contributed by atoms with van der Waals surface area (Å²) in [5.41, 5.74) is 0.806. The Bertz CT molecular complexity index is 1070. The highest BCUT2D eigenvalue weighted by atomic mass is 79.9. The molecule has 10 heteroatoms. The van der Waals surface area contributed by atoms with Gasteiger partial charge in [0.15, 0.2) is 5.82 Å². The zero-order chi connectivity index (χ0) is 19.6. The van der Waals surface area contributed by atoms with Crippen LogP contribution in [0.2, 0.25) is 10.0 Å². The molecule has 0 saturated heterocycles. The first-order valence-electron chi connectivity index (χ1n) is 7.62. The normalized spacial score (nSPS) is 11.4. The lowest BCUT2D eigenvalue weighted by Gasteiger charge is -2.07. The van der Waals surface area contributed by atoms with Gasteiger partial charge in [0.2, 0.25) is 0 Å². The average molecular weight is 491 g/mol. The molecule has 6 nitrogen and oxygen atoms in total. The highest BCUT2D eigenvalue weighted by Gasteiger charge is 2.18. The van der Waals surface area contributed by atoms with E-state index in [2.05, 4.69) is 25.8 Å². The molecule has 0 bridgehead atoms. The van der Waals surface area contributed by atoms with Crippen molar-refractivity contribution in [2.75, 3.05) is 11.8 Å². The number of sulfonamides is 1. The van der Waals surface area contributed by atoms with Gasteiger partial charge in [0.1, 0.15) is 5.75 Å². The predicted molar refractivity (Wildman–Crippen MR) is 109 cm³/mol. The number of ether oxygens (including phenoxy) is 1. The molecule has 0 aliphatic heterocycles. The van der Waals surface area contributed by atoms with Crippen LogP contribution in [0.3, 0.4) is 0 Å². The number of rotatable bonds is 6. The molecule has 0 aliphatic carbocycles. The zero-order valence-corrected chi connectivity index (χ0v) is 17.9. The van der Waals surface area contributed by atoms with Crippen molar-refractivity contribution in [3.05, 3.63) is 68.7 Å². The van der Waals surface area contributed by atoms with Crippen molar-refractivity contribution in [1.29, 1.82) is 0 Å². The monoisotopic (exact) mass is 489 g/mol. The number of anilines is 1. The number of aromatic nitrogens is 2. The quantitative estimate of drug-likeness (QED) is 0.538. The Morgan fingerprint density at radius 3 is 2.52 bits per heavy atom. The Morgan fingerprint density at radius 1 is 1.19 bits per heavy atom. The second-order valence-electron chi connectivity index (χ2n) is 5.54. The molecule has 1 N–H and O–H groups in total. The van der Waals surface area contributed by atoms with E-state index in [0.29, 0.717) is 26.8 Å². The number of hydrogen-bond acceptors (Lipinski definition) is 4. The van der Waals surface area contributed by atoms with Crippen LogP contribution in [-0.2, 0) is 16.6 Å². The smallest absolute Gasteiger partial charge is 0.263 e. The fraction of sp³-hybridized carbons (Fsp3) is 0.118. The number of nitrogens with zero attached hydrogens (tertiary/aromatic N) is 2. The molecule has 0 amide bonds. The number of nitrogens with one attached hydrogen (secondary N) is 1. The molecule has 1 heterocycles. The van der Waals surface area contributed by atoms with Gasteiger partial charge in [0, 0.05) is 16.2 Å². The summed E-state index contributed by atoms with van der Waals surface area (Å²) in [6.07, 6.45) is 1.66. The van der Waals surface area contributed by atoms with E-state index in [1.54, 1.807) is 41.2 Å². The molecule has 0 radical (unpaired) electrons. The van der Waals surface area contributed by atoms with Crippen molar-refractivity contribution in [3.8, 4) is 5.75 Å². The van der Waals surface area contributed by atoms with Gasteiger partial charge >= 0.3 is 0 Å². The third-order valence-corrected chi connectivity index (χ3v) is 6.19. The second-order valence-corrected chi connectivity index (χ2v) is 8.92. The van der Waals surface area contributed by atoms with E-state index in [-0.39, 0.29) is 10.7 Å². The number of halogens is 3. The van der Waals surface area contributed by atoms with Crippen LogP contribution < -0.4 is 9.46 Å². The van der Waals surface area contributed by atoms with Crippen molar-refractivity contribution in [1.82, 2.24) is 9.78 Å². The van der Waals surface area contributed by atoms with Crippen molar-refractivity contribution < 1.29 is 13.2 Å². The minimum Gasteiger partial charge on any atom is -0.497 e. The van der Waals surface area contributed by atoms with Crippen LogP contribution in [0.25, 0.3) is 0 Å². The molecule has 3 rings (SSSR count). The first-order valence-corrected chi connectivity index (χ1v) is 10.7. The summed E-state index contributed by atoms with van der Waals surface area (Å²) in [4.78, 5) is 0.102. The summed E-state index contributed by atoms with van der Waals surface area (Å²) in [5.74, 6) is 0.746. The third kappa shape index (κ3) is 4.76. The van der Waals surface area contributed by atoms with Crippen molar-refractivity contribution in [2.24, 2.45) is 0 Å². The fourth-order valence-corrected chi connectivity index (χ4v) is 4.34. The summed E-state index contributed by atoms with van der Waals surface area (Å²) in [5, 5.41) is 5.33. The van der Waals surface area contributed by atoms with Crippen LogP contribution >= 0.6 is 39.1 Å². The first kappa shape index (κ1) is 20.0. The molecule has 0 spiro atoms. The second kappa shape index (κ2) is 8.10. The van der Waals surface area contributed by atoms with E-state index in [1.165, 1.54) is 19.2 Å². The fourth-order valence-electron chi connectivity index (χ4n) is 2.31. The Kier molecular flexibility index (Phi) is 6.00. The van der Waals surface area contributed by atoms with Gasteiger partial charge in [-0.1, -0.05) is 29.3 Å². The van der Waals surface area contributed by atoms with E-state index in [1.807, 2.05) is 0 Å². The molecule has 2 aromatic carbocycles. The van der Waals surface area contributed by atoms with Gasteiger partial charge in [-0.15, -0.1) is 0 Å². The maximum atomic E-state index is 12.6. The molecule has 3 aromatic rings. The minimum atomic E-state index is -3.79. The molecular weight excluding hydrogens is 477 g/mol. The van der Waals surface area contributed by atoms with Crippen LogP contribution in [0.4, 0.5) is 5.82 Å². The molecule has 0 unspecified atom stereocenters. The van der Waals surface area contributed by atoms with Crippen molar-refractivity contribution >= 4 is 55.0 Å². The van der Waals surface area contributed by atoms with Gasteiger partial charge in [-0.05, 0) is 57.9 Å². The third-order valence-electron chi connectivity index (χ3n) is 3.67. The van der Waals surface area contributed by atoms with Crippen molar-refractivity contribution in [2.45, 2.75) is 11.4 Å². The standard InChI is InChI=1S/C17H14BrCl2N3O3S/c1-26-13-4-6-14(7-5-13)27(24,25)22-17-15(18)10-23(21-17)9-11-2-3-12(19)8-16(11)20/h2-8,10H,9H2,1H3,(H,21,22). The Labute approximate surface area is 175 Å². The van der Waals surface area contributed by atoms with Crippen LogP contribution in [0.5, 0.6) is 5.75 Å². The summed E-state index contributed by atoms with van der Waals surface area (Å²) in [7, 11) is -2.28. The lowest BCUT2D eigenvalue weighted by atomic mass is 10.2. The average Bonchev–Trinajstić information content (AvgIpc) is 2.96. The van der Waals surface area contributed by atoms with E-state index in [4.69, 9.17) is 27.9 Å². The van der Waals surface area contributed by atoms with E-state index < -0.39 is 10.0 Å². The Morgan fingerprint density at radius 2 is 1.89 bits per heavy atom. The Hall–Kier alpha value is -1.74. The maximum absolute atomic E-state index is 12.6. The lowest BCUT2D eigenvalue weighted by Crippen LogP contribution is -2.14. The van der Waals surface area contributed by atoms with Crippen LogP contribution in [0.1, 0.15) is 5.56 Å². The van der Waals surface area contributed by atoms with Crippen LogP contribution in [0, 0.1) is 0 Å². The largest absolute Gasteiger partial charge is 0.497 e. The molecule has 142 valence electrons. The van der Waals surface area contributed by atoms with E-state index in [9.17, 15) is 8.42 Å². The number of methoxy groups -OCH3 is 1. The number of hydrogen-bond donors (Lipinski definition) is 1. The molecule has 1 aromatic heterocycles. The minimum absolute atomic E-state index is 0.102. The van der Waals surface area contributed by atoms with Gasteiger partial charge < -0.3 is 4.74 Å². The molecule has 0 atom stereocenters. The van der Waals surface area contributed by atoms with Gasteiger partial charge in [-0.3, -0.25) is 9.40 Å². The zero-order valence-electron chi connectivity index (χ0n) is 14.0. The van der Waals surface area contributed by atoms with Gasteiger partial charge in [0.25, 0.3) is 10.0 Å². The lowest BCUT2D eigenvalue weighted by molar-refractivity contribution is 0.414. The van der Waals surface area contributed by atoms with E-state index in [0.717, 1.165) is 5.56 Å². The summed E-state index contributed by atoms with van der Waals surface area (Å²) >= 11 is 15.4. The summed E-state index contributed by atoms with van der Waals surface area (Å²) in [6.45, 7) is 0.360. The highest BCUT2D eigenvalue weighted by molar-refractivity contribution is 9.10. The molecular formula is C17H14BrCl2N3O3S. The molecule has 27 heavy (non-hydrogen) atoms. The van der Waals surface area contributed by atoms with Gasteiger partial charge in [0.05, 0.1) is 23.0 Å². The SMILES string of the molecule is COc1ccc(S(=O)(=O)Nc2nn(Cc3ccc(Cl)cc3Cl)cc2Br)cc1. The van der Waals surface area contributed by atoms with Crippen molar-refractivity contribution in [3.63, 3.8) is 0 Å². The summed E-state index contributed by atoms with van der Waals surface area (Å²) < 4.78 is 34.7. The van der Waals surface area contributed by atoms with Gasteiger partial charge in [-0.2, -0.15) is 5.10 Å². The molecule has 0 fully saturated rings. The van der Waals surface area contributed by atoms with Crippen LogP contribution in [0.15, 0.2) is 58.0 Å². The number of benzene rings is 2.